The van der Waals surface area contributed by atoms with Gasteiger partial charge in [-0.3, -0.25) is 9.78 Å². The van der Waals surface area contributed by atoms with E-state index >= 15 is 0 Å². The maximum absolute atomic E-state index is 12.5. The van der Waals surface area contributed by atoms with Crippen LogP contribution in [-0.4, -0.2) is 24.5 Å². The molecule has 0 aliphatic carbocycles. The lowest BCUT2D eigenvalue weighted by Crippen LogP contribution is -2.25. The summed E-state index contributed by atoms with van der Waals surface area (Å²) in [6.45, 7) is 4.66. The average molecular weight is 375 g/mol. The molecular formula is C23H25N3O2. The SMILES string of the molecule is COc1cccc(CCNC(=O)c2cncc(Nc3cc(C)cc(C)c3)c2)c1. The Morgan fingerprint density at radius 2 is 1.79 bits per heavy atom. The van der Waals surface area contributed by atoms with Gasteiger partial charge in [-0.25, -0.2) is 0 Å². The van der Waals surface area contributed by atoms with Crippen LogP contribution in [0.1, 0.15) is 27.0 Å². The van der Waals surface area contributed by atoms with Gasteiger partial charge in [0.05, 0.1) is 24.6 Å². The molecule has 0 saturated carbocycles. The van der Waals surface area contributed by atoms with E-state index in [-0.39, 0.29) is 5.91 Å². The van der Waals surface area contributed by atoms with Crippen LogP contribution >= 0.6 is 0 Å². The molecule has 0 aliphatic heterocycles. The average Bonchev–Trinajstić information content (AvgIpc) is 2.67. The van der Waals surface area contributed by atoms with Crippen molar-refractivity contribution >= 4 is 17.3 Å². The highest BCUT2D eigenvalue weighted by atomic mass is 16.5. The summed E-state index contributed by atoms with van der Waals surface area (Å²) >= 11 is 0. The summed E-state index contributed by atoms with van der Waals surface area (Å²) in [5.41, 5.74) is 5.77. The number of anilines is 2. The van der Waals surface area contributed by atoms with Crippen molar-refractivity contribution < 1.29 is 9.53 Å². The maximum Gasteiger partial charge on any atom is 0.252 e. The van der Waals surface area contributed by atoms with Crippen molar-refractivity contribution in [3.05, 3.63) is 83.2 Å². The Kier molecular flexibility index (Phi) is 6.27. The van der Waals surface area contributed by atoms with Gasteiger partial charge in [0.1, 0.15) is 5.75 Å². The smallest absolute Gasteiger partial charge is 0.252 e. The van der Waals surface area contributed by atoms with Crippen molar-refractivity contribution in [2.24, 2.45) is 0 Å². The van der Waals surface area contributed by atoms with E-state index < -0.39 is 0 Å². The molecule has 5 heteroatoms. The monoisotopic (exact) mass is 375 g/mol. The molecule has 0 atom stereocenters. The van der Waals surface area contributed by atoms with Crippen molar-refractivity contribution in [2.75, 3.05) is 19.0 Å². The van der Waals surface area contributed by atoms with Crippen LogP contribution in [-0.2, 0) is 6.42 Å². The number of rotatable bonds is 7. The van der Waals surface area contributed by atoms with Crippen molar-refractivity contribution in [2.45, 2.75) is 20.3 Å². The summed E-state index contributed by atoms with van der Waals surface area (Å²) in [6.07, 6.45) is 4.02. The van der Waals surface area contributed by atoms with Gasteiger partial charge in [-0.15, -0.1) is 0 Å². The molecule has 0 bridgehead atoms. The topological polar surface area (TPSA) is 63.2 Å². The quantitative estimate of drug-likeness (QED) is 0.641. The van der Waals surface area contributed by atoms with Gasteiger partial charge in [0, 0.05) is 18.4 Å². The van der Waals surface area contributed by atoms with Crippen LogP contribution in [0.4, 0.5) is 11.4 Å². The third-order valence-corrected chi connectivity index (χ3v) is 4.34. The Labute approximate surface area is 165 Å². The molecule has 1 amide bonds. The number of nitrogens with zero attached hydrogens (tertiary/aromatic N) is 1. The first-order valence-corrected chi connectivity index (χ1v) is 9.25. The standard InChI is InChI=1S/C23H25N3O2/c1-16-9-17(2)11-20(10-16)26-21-13-19(14-24-15-21)23(27)25-8-7-18-5-4-6-22(12-18)28-3/h4-6,9-15,26H,7-8H2,1-3H3,(H,25,27). The third kappa shape index (κ3) is 5.33. The molecule has 1 aromatic heterocycles. The van der Waals surface area contributed by atoms with E-state index in [2.05, 4.69) is 47.7 Å². The van der Waals surface area contributed by atoms with Crippen molar-refractivity contribution in [3.8, 4) is 5.75 Å². The first-order chi connectivity index (χ1) is 13.5. The van der Waals surface area contributed by atoms with Crippen LogP contribution in [0.2, 0.25) is 0 Å². The second kappa shape index (κ2) is 9.04. The number of nitrogens with one attached hydrogen (secondary N) is 2. The number of pyridine rings is 1. The normalized spacial score (nSPS) is 10.4. The molecule has 0 radical (unpaired) electrons. The van der Waals surface area contributed by atoms with E-state index in [1.54, 1.807) is 19.5 Å². The first kappa shape index (κ1) is 19.4. The molecular weight excluding hydrogens is 350 g/mol. The van der Waals surface area contributed by atoms with Crippen LogP contribution in [0.15, 0.2) is 60.9 Å². The molecule has 0 spiro atoms. The number of amides is 1. The van der Waals surface area contributed by atoms with E-state index in [4.69, 9.17) is 4.74 Å². The Morgan fingerprint density at radius 3 is 2.54 bits per heavy atom. The zero-order valence-corrected chi connectivity index (χ0v) is 16.5. The summed E-state index contributed by atoms with van der Waals surface area (Å²) < 4.78 is 5.23. The van der Waals surface area contributed by atoms with Gasteiger partial charge < -0.3 is 15.4 Å². The maximum atomic E-state index is 12.5. The van der Waals surface area contributed by atoms with Crippen molar-refractivity contribution in [3.63, 3.8) is 0 Å². The molecule has 3 rings (SSSR count). The largest absolute Gasteiger partial charge is 0.497 e. The van der Waals surface area contributed by atoms with E-state index in [0.29, 0.717) is 12.1 Å². The van der Waals surface area contributed by atoms with Crippen LogP contribution in [0.5, 0.6) is 5.75 Å². The molecule has 1 heterocycles. The highest BCUT2D eigenvalue weighted by molar-refractivity contribution is 5.94. The lowest BCUT2D eigenvalue weighted by atomic mass is 10.1. The highest BCUT2D eigenvalue weighted by Crippen LogP contribution is 2.20. The number of carbonyl (C=O) groups excluding carboxylic acids is 1. The number of carbonyl (C=O) groups is 1. The minimum atomic E-state index is -0.139. The molecule has 0 saturated heterocycles. The summed E-state index contributed by atoms with van der Waals surface area (Å²) in [4.78, 5) is 16.7. The van der Waals surface area contributed by atoms with Crippen LogP contribution < -0.4 is 15.4 Å². The zero-order chi connectivity index (χ0) is 19.9. The highest BCUT2D eigenvalue weighted by Gasteiger charge is 2.07. The second-order valence-electron chi connectivity index (χ2n) is 6.82. The fraction of sp³-hybridized carbons (Fsp3) is 0.217. The Balaban J connectivity index is 1.60. The fourth-order valence-electron chi connectivity index (χ4n) is 3.10. The van der Waals surface area contributed by atoms with Crippen LogP contribution in [0.25, 0.3) is 0 Å². The number of hydrogen-bond acceptors (Lipinski definition) is 4. The molecule has 144 valence electrons. The number of ether oxygens (including phenoxy) is 1. The molecule has 3 aromatic rings. The van der Waals surface area contributed by atoms with Crippen LogP contribution in [0, 0.1) is 13.8 Å². The van der Waals surface area contributed by atoms with Gasteiger partial charge in [-0.1, -0.05) is 18.2 Å². The Hall–Kier alpha value is -3.34. The molecule has 0 unspecified atom stereocenters. The van der Waals surface area contributed by atoms with Gasteiger partial charge in [0.25, 0.3) is 5.91 Å². The molecule has 2 aromatic carbocycles. The number of aryl methyl sites for hydroxylation is 2. The number of aromatic nitrogens is 1. The lowest BCUT2D eigenvalue weighted by molar-refractivity contribution is 0.0954. The zero-order valence-electron chi connectivity index (χ0n) is 16.5. The predicted octanol–water partition coefficient (Wildman–Crippen LogP) is 4.42. The first-order valence-electron chi connectivity index (χ1n) is 9.25. The van der Waals surface area contributed by atoms with Gasteiger partial charge in [0.2, 0.25) is 0 Å². The number of benzene rings is 2. The van der Waals surface area contributed by atoms with Crippen LogP contribution in [0.3, 0.4) is 0 Å². The number of methoxy groups -OCH3 is 1. The molecule has 0 aliphatic rings. The Bertz CT molecular complexity index is 949. The summed E-state index contributed by atoms with van der Waals surface area (Å²) in [7, 11) is 1.65. The molecule has 5 nitrogen and oxygen atoms in total. The minimum Gasteiger partial charge on any atom is -0.497 e. The molecule has 0 fully saturated rings. The van der Waals surface area contributed by atoms with Gasteiger partial charge >= 0.3 is 0 Å². The fourth-order valence-corrected chi connectivity index (χ4v) is 3.10. The van der Waals surface area contributed by atoms with E-state index in [9.17, 15) is 4.79 Å². The summed E-state index contributed by atoms with van der Waals surface area (Å²) in [6, 6.07) is 15.9. The van der Waals surface area contributed by atoms with E-state index in [1.807, 2.05) is 30.3 Å². The second-order valence-corrected chi connectivity index (χ2v) is 6.82. The third-order valence-electron chi connectivity index (χ3n) is 4.34. The predicted molar refractivity (Wildman–Crippen MR) is 112 cm³/mol. The minimum absolute atomic E-state index is 0.139. The molecule has 28 heavy (non-hydrogen) atoms. The van der Waals surface area contributed by atoms with Gasteiger partial charge in [-0.2, -0.15) is 0 Å². The van der Waals surface area contributed by atoms with Crippen molar-refractivity contribution in [1.82, 2.24) is 10.3 Å². The van der Waals surface area contributed by atoms with E-state index in [1.165, 1.54) is 11.1 Å². The van der Waals surface area contributed by atoms with Gasteiger partial charge in [0.15, 0.2) is 0 Å². The van der Waals surface area contributed by atoms with Gasteiger partial charge in [-0.05, 0) is 67.3 Å². The van der Waals surface area contributed by atoms with E-state index in [0.717, 1.165) is 29.1 Å². The Morgan fingerprint density at radius 1 is 1.00 bits per heavy atom. The van der Waals surface area contributed by atoms with Crippen molar-refractivity contribution in [1.29, 1.82) is 0 Å². The summed E-state index contributed by atoms with van der Waals surface area (Å²) in [5.74, 6) is 0.678. The number of hydrogen-bond donors (Lipinski definition) is 2. The summed E-state index contributed by atoms with van der Waals surface area (Å²) in [5, 5.41) is 6.27. The lowest BCUT2D eigenvalue weighted by Gasteiger charge is -2.10. The molecule has 2 N–H and O–H groups in total.